The third-order valence-corrected chi connectivity index (χ3v) is 4.15. The van der Waals surface area contributed by atoms with Gasteiger partial charge in [0.15, 0.2) is 6.29 Å². The largest absolute Gasteiger partial charge is 0.494 e. The van der Waals surface area contributed by atoms with Gasteiger partial charge in [0.1, 0.15) is 17.1 Å². The van der Waals surface area contributed by atoms with Crippen LogP contribution in [0.2, 0.25) is 0 Å². The molecule has 0 unspecified atom stereocenters. The lowest BCUT2D eigenvalue weighted by molar-refractivity contribution is 0.111. The molecule has 1 heterocycles. The molecule has 2 aromatic rings. The minimum absolute atomic E-state index is 0.346. The molecule has 0 radical (unpaired) electrons. The zero-order chi connectivity index (χ0) is 14.7. The van der Waals surface area contributed by atoms with Crippen LogP contribution in [0.5, 0.6) is 5.75 Å². The fourth-order valence-corrected chi connectivity index (χ4v) is 3.13. The molecule has 1 aliphatic carbocycles. The molecule has 5 heteroatoms. The fraction of sp³-hybridized carbons (Fsp3) is 0.438. The van der Waals surface area contributed by atoms with Crippen LogP contribution in [-0.4, -0.2) is 28.4 Å². The van der Waals surface area contributed by atoms with Crippen LogP contribution < -0.4 is 4.74 Å². The highest BCUT2D eigenvalue weighted by Gasteiger charge is 2.25. The standard InChI is InChI=1S/C16H19N3O2/c1-21-15-10-6-5-9-14(15)19-16(13(11-20)17-18-19)12-7-3-2-4-8-12/h5-6,9-12H,2-4,7-8H2,1H3. The van der Waals surface area contributed by atoms with Gasteiger partial charge < -0.3 is 4.74 Å². The summed E-state index contributed by atoms with van der Waals surface area (Å²) in [4.78, 5) is 11.3. The first-order valence-electron chi connectivity index (χ1n) is 7.39. The molecule has 0 amide bonds. The molecule has 0 saturated heterocycles. The van der Waals surface area contributed by atoms with Crippen molar-refractivity contribution in [1.82, 2.24) is 15.0 Å². The van der Waals surface area contributed by atoms with Gasteiger partial charge in [0, 0.05) is 5.92 Å². The van der Waals surface area contributed by atoms with Gasteiger partial charge in [-0.1, -0.05) is 36.6 Å². The van der Waals surface area contributed by atoms with E-state index in [0.717, 1.165) is 36.3 Å². The van der Waals surface area contributed by atoms with Crippen LogP contribution in [0.1, 0.15) is 54.2 Å². The summed E-state index contributed by atoms with van der Waals surface area (Å²) in [6, 6.07) is 7.68. The van der Waals surface area contributed by atoms with Crippen molar-refractivity contribution in [2.45, 2.75) is 38.0 Å². The Morgan fingerprint density at radius 3 is 2.71 bits per heavy atom. The van der Waals surface area contributed by atoms with Crippen molar-refractivity contribution in [1.29, 1.82) is 0 Å². The predicted molar refractivity (Wildman–Crippen MR) is 79.1 cm³/mol. The maximum Gasteiger partial charge on any atom is 0.172 e. The van der Waals surface area contributed by atoms with Crippen LogP contribution in [0.25, 0.3) is 5.69 Å². The van der Waals surface area contributed by atoms with Gasteiger partial charge in [0.05, 0.1) is 12.8 Å². The Morgan fingerprint density at radius 1 is 1.24 bits per heavy atom. The zero-order valence-electron chi connectivity index (χ0n) is 12.2. The second-order valence-electron chi connectivity index (χ2n) is 5.40. The fourth-order valence-electron chi connectivity index (χ4n) is 3.13. The van der Waals surface area contributed by atoms with E-state index in [1.54, 1.807) is 11.8 Å². The molecule has 5 nitrogen and oxygen atoms in total. The lowest BCUT2D eigenvalue weighted by Gasteiger charge is -2.22. The Hall–Kier alpha value is -2.17. The number of rotatable bonds is 4. The van der Waals surface area contributed by atoms with Crippen molar-refractivity contribution in [3.63, 3.8) is 0 Å². The smallest absolute Gasteiger partial charge is 0.172 e. The Bertz CT molecular complexity index is 630. The van der Waals surface area contributed by atoms with E-state index in [9.17, 15) is 4.79 Å². The van der Waals surface area contributed by atoms with Crippen molar-refractivity contribution in [2.24, 2.45) is 0 Å². The first-order chi connectivity index (χ1) is 10.3. The van der Waals surface area contributed by atoms with E-state index in [4.69, 9.17) is 4.74 Å². The molecule has 0 bridgehead atoms. The van der Waals surface area contributed by atoms with Gasteiger partial charge in [-0.2, -0.15) is 0 Å². The minimum Gasteiger partial charge on any atom is -0.494 e. The molecular formula is C16H19N3O2. The van der Waals surface area contributed by atoms with Crippen molar-refractivity contribution in [2.75, 3.05) is 7.11 Å². The van der Waals surface area contributed by atoms with Gasteiger partial charge in [-0.25, -0.2) is 4.68 Å². The van der Waals surface area contributed by atoms with Crippen LogP contribution in [0.4, 0.5) is 0 Å². The summed E-state index contributed by atoms with van der Waals surface area (Å²) in [5.74, 6) is 1.08. The number of hydrogen-bond acceptors (Lipinski definition) is 4. The highest BCUT2D eigenvalue weighted by molar-refractivity contribution is 5.74. The lowest BCUT2D eigenvalue weighted by atomic mass is 9.86. The second-order valence-corrected chi connectivity index (χ2v) is 5.40. The van der Waals surface area contributed by atoms with E-state index >= 15 is 0 Å². The van der Waals surface area contributed by atoms with E-state index in [1.165, 1.54) is 19.3 Å². The normalized spacial score (nSPS) is 15.9. The van der Waals surface area contributed by atoms with Crippen LogP contribution in [0.15, 0.2) is 24.3 Å². The van der Waals surface area contributed by atoms with Gasteiger partial charge in [-0.05, 0) is 25.0 Å². The summed E-state index contributed by atoms with van der Waals surface area (Å²) in [7, 11) is 1.64. The highest BCUT2D eigenvalue weighted by atomic mass is 16.5. The van der Waals surface area contributed by atoms with Crippen molar-refractivity contribution in [3.8, 4) is 11.4 Å². The van der Waals surface area contributed by atoms with E-state index < -0.39 is 0 Å². The number of aromatic nitrogens is 3. The lowest BCUT2D eigenvalue weighted by Crippen LogP contribution is -2.13. The number of carbonyl (C=O) groups is 1. The maximum absolute atomic E-state index is 11.3. The summed E-state index contributed by atoms with van der Waals surface area (Å²) < 4.78 is 7.18. The minimum atomic E-state index is 0.346. The molecule has 0 spiro atoms. The number of ether oxygens (including phenoxy) is 1. The number of para-hydroxylation sites is 2. The SMILES string of the molecule is COc1ccccc1-n1nnc(C=O)c1C1CCCCC1. The zero-order valence-corrected chi connectivity index (χ0v) is 12.2. The van der Waals surface area contributed by atoms with Gasteiger partial charge >= 0.3 is 0 Å². The molecule has 21 heavy (non-hydrogen) atoms. The number of nitrogens with zero attached hydrogens (tertiary/aromatic N) is 3. The molecule has 3 rings (SSSR count). The number of carbonyl (C=O) groups excluding carboxylic acids is 1. The first-order valence-corrected chi connectivity index (χ1v) is 7.39. The van der Waals surface area contributed by atoms with Gasteiger partial charge in [-0.3, -0.25) is 4.79 Å². The molecule has 1 fully saturated rings. The number of benzene rings is 1. The highest BCUT2D eigenvalue weighted by Crippen LogP contribution is 2.35. The van der Waals surface area contributed by atoms with E-state index in [-0.39, 0.29) is 0 Å². The summed E-state index contributed by atoms with van der Waals surface area (Å²) in [5.41, 5.74) is 2.21. The average molecular weight is 285 g/mol. The number of hydrogen-bond donors (Lipinski definition) is 0. The van der Waals surface area contributed by atoms with Gasteiger partial charge in [0.2, 0.25) is 0 Å². The van der Waals surface area contributed by atoms with Crippen molar-refractivity contribution >= 4 is 6.29 Å². The topological polar surface area (TPSA) is 57.0 Å². The Morgan fingerprint density at radius 2 is 2.00 bits per heavy atom. The van der Waals surface area contributed by atoms with Crippen molar-refractivity contribution in [3.05, 3.63) is 35.7 Å². The average Bonchev–Trinajstić information content (AvgIpc) is 2.99. The maximum atomic E-state index is 11.3. The van der Waals surface area contributed by atoms with Crippen LogP contribution in [-0.2, 0) is 0 Å². The Balaban J connectivity index is 2.10. The van der Waals surface area contributed by atoms with Crippen LogP contribution in [0.3, 0.4) is 0 Å². The third kappa shape index (κ3) is 2.55. The number of aldehydes is 1. The monoisotopic (exact) mass is 285 g/mol. The van der Waals surface area contributed by atoms with Gasteiger partial charge in [0.25, 0.3) is 0 Å². The molecular weight excluding hydrogens is 266 g/mol. The summed E-state index contributed by atoms with van der Waals surface area (Å²) in [6.07, 6.45) is 6.64. The molecule has 1 saturated carbocycles. The second kappa shape index (κ2) is 6.08. The van der Waals surface area contributed by atoms with Gasteiger partial charge in [-0.15, -0.1) is 5.10 Å². The molecule has 1 aromatic heterocycles. The molecule has 0 atom stereocenters. The predicted octanol–water partition coefficient (Wildman–Crippen LogP) is 3.14. The molecule has 1 aromatic carbocycles. The van der Waals surface area contributed by atoms with Crippen molar-refractivity contribution < 1.29 is 9.53 Å². The summed E-state index contributed by atoms with van der Waals surface area (Å²) >= 11 is 0. The Kier molecular flexibility index (Phi) is 3.99. The third-order valence-electron chi connectivity index (χ3n) is 4.15. The Labute approximate surface area is 123 Å². The summed E-state index contributed by atoms with van der Waals surface area (Å²) in [5, 5.41) is 8.25. The van der Waals surface area contributed by atoms with Crippen LogP contribution >= 0.6 is 0 Å². The molecule has 0 N–H and O–H groups in total. The van der Waals surface area contributed by atoms with E-state index in [1.807, 2.05) is 24.3 Å². The molecule has 110 valence electrons. The molecule has 1 aliphatic rings. The van der Waals surface area contributed by atoms with E-state index in [2.05, 4.69) is 10.3 Å². The quantitative estimate of drug-likeness (QED) is 0.810. The van der Waals surface area contributed by atoms with Crippen LogP contribution in [0, 0.1) is 0 Å². The first kappa shape index (κ1) is 13.8. The summed E-state index contributed by atoms with van der Waals surface area (Å²) in [6.45, 7) is 0. The number of methoxy groups -OCH3 is 1. The molecule has 0 aliphatic heterocycles. The van der Waals surface area contributed by atoms with E-state index in [0.29, 0.717) is 11.6 Å².